The van der Waals surface area contributed by atoms with Crippen LogP contribution in [0.3, 0.4) is 0 Å². The Morgan fingerprint density at radius 3 is 3.11 bits per heavy atom. The van der Waals surface area contributed by atoms with Crippen LogP contribution in [0.15, 0.2) is 27.9 Å². The summed E-state index contributed by atoms with van der Waals surface area (Å²) in [6.07, 6.45) is 1.83. The zero-order chi connectivity index (χ0) is 12.4. The highest BCUT2D eigenvalue weighted by Gasteiger charge is 2.04. The predicted molar refractivity (Wildman–Crippen MR) is 72.9 cm³/mol. The zero-order valence-electron chi connectivity index (χ0n) is 9.34. The van der Waals surface area contributed by atoms with Gasteiger partial charge in [0.15, 0.2) is 0 Å². The molecule has 3 heterocycles. The molecule has 0 saturated heterocycles. The smallest absolute Gasteiger partial charge is 0.268 e. The van der Waals surface area contributed by atoms with E-state index in [1.54, 1.807) is 16.8 Å². The SMILES string of the molecule is O=c1[nH]c(CNCc2cncs2)nc2ccsc12. The fourth-order valence-corrected chi connectivity index (χ4v) is 2.93. The molecule has 0 atom stereocenters. The number of hydrogen-bond acceptors (Lipinski definition) is 6. The van der Waals surface area contributed by atoms with Gasteiger partial charge < -0.3 is 10.3 Å². The predicted octanol–water partition coefficient (Wildman–Crippen LogP) is 1.73. The Morgan fingerprint density at radius 1 is 1.33 bits per heavy atom. The molecule has 3 aromatic heterocycles. The van der Waals surface area contributed by atoms with E-state index in [1.165, 1.54) is 11.3 Å². The monoisotopic (exact) mass is 278 g/mol. The Hall–Kier alpha value is -1.57. The number of nitrogens with one attached hydrogen (secondary N) is 2. The number of aromatic nitrogens is 3. The quantitative estimate of drug-likeness (QED) is 0.762. The van der Waals surface area contributed by atoms with E-state index in [0.29, 0.717) is 17.1 Å². The van der Waals surface area contributed by atoms with Crippen molar-refractivity contribution in [3.63, 3.8) is 0 Å². The van der Waals surface area contributed by atoms with E-state index in [9.17, 15) is 4.79 Å². The van der Waals surface area contributed by atoms with Crippen molar-refractivity contribution in [3.8, 4) is 0 Å². The van der Waals surface area contributed by atoms with Crippen LogP contribution >= 0.6 is 22.7 Å². The lowest BCUT2D eigenvalue weighted by Crippen LogP contribution is -2.18. The first kappa shape index (κ1) is 11.5. The number of fused-ring (bicyclic) bond motifs is 1. The number of rotatable bonds is 4. The maximum atomic E-state index is 11.7. The average Bonchev–Trinajstić information content (AvgIpc) is 2.99. The Labute approximate surface area is 111 Å². The molecule has 0 bridgehead atoms. The van der Waals surface area contributed by atoms with Gasteiger partial charge in [-0.1, -0.05) is 0 Å². The summed E-state index contributed by atoms with van der Waals surface area (Å²) in [7, 11) is 0. The molecular weight excluding hydrogens is 268 g/mol. The van der Waals surface area contributed by atoms with Crippen LogP contribution in [0.25, 0.3) is 10.2 Å². The van der Waals surface area contributed by atoms with Crippen LogP contribution in [-0.2, 0) is 13.1 Å². The van der Waals surface area contributed by atoms with Crippen molar-refractivity contribution in [2.45, 2.75) is 13.1 Å². The third-order valence-corrected chi connectivity index (χ3v) is 4.12. The molecule has 0 saturated carbocycles. The van der Waals surface area contributed by atoms with E-state index in [4.69, 9.17) is 0 Å². The second kappa shape index (κ2) is 4.97. The summed E-state index contributed by atoms with van der Waals surface area (Å²) < 4.78 is 0.682. The van der Waals surface area contributed by atoms with Crippen LogP contribution in [-0.4, -0.2) is 15.0 Å². The Bertz CT molecular complexity index is 701. The van der Waals surface area contributed by atoms with Gasteiger partial charge in [-0.15, -0.1) is 22.7 Å². The summed E-state index contributed by atoms with van der Waals surface area (Å²) >= 11 is 3.01. The lowest BCUT2D eigenvalue weighted by Gasteiger charge is -2.02. The summed E-state index contributed by atoms with van der Waals surface area (Å²) in [5.41, 5.74) is 2.50. The molecule has 0 aliphatic carbocycles. The molecule has 0 radical (unpaired) electrons. The lowest BCUT2D eigenvalue weighted by molar-refractivity contribution is 0.668. The van der Waals surface area contributed by atoms with Crippen molar-refractivity contribution in [2.24, 2.45) is 0 Å². The van der Waals surface area contributed by atoms with Crippen LogP contribution in [0.2, 0.25) is 0 Å². The molecule has 0 aromatic carbocycles. The number of thiophene rings is 1. The minimum absolute atomic E-state index is 0.0652. The Morgan fingerprint density at radius 2 is 2.28 bits per heavy atom. The molecule has 7 heteroatoms. The van der Waals surface area contributed by atoms with E-state index in [1.807, 2.05) is 17.6 Å². The largest absolute Gasteiger partial charge is 0.308 e. The van der Waals surface area contributed by atoms with Gasteiger partial charge >= 0.3 is 0 Å². The molecule has 0 amide bonds. The maximum absolute atomic E-state index is 11.7. The normalized spacial score (nSPS) is 11.1. The Balaban J connectivity index is 1.72. The Kier molecular flexibility index (Phi) is 3.18. The van der Waals surface area contributed by atoms with Crippen LogP contribution < -0.4 is 10.9 Å². The van der Waals surface area contributed by atoms with E-state index in [2.05, 4.69) is 20.3 Å². The average molecular weight is 278 g/mol. The van der Waals surface area contributed by atoms with Crippen LogP contribution in [0.4, 0.5) is 0 Å². The minimum atomic E-state index is -0.0652. The molecule has 0 fully saturated rings. The number of H-pyrrole nitrogens is 1. The van der Waals surface area contributed by atoms with Crippen molar-refractivity contribution in [2.75, 3.05) is 0 Å². The summed E-state index contributed by atoms with van der Waals surface area (Å²) in [6.45, 7) is 1.27. The van der Waals surface area contributed by atoms with Crippen LogP contribution in [0.1, 0.15) is 10.7 Å². The summed E-state index contributed by atoms with van der Waals surface area (Å²) in [4.78, 5) is 24.1. The highest BCUT2D eigenvalue weighted by Crippen LogP contribution is 2.13. The highest BCUT2D eigenvalue weighted by atomic mass is 32.1. The second-order valence-corrected chi connectivity index (χ2v) is 5.61. The van der Waals surface area contributed by atoms with Gasteiger partial charge in [0.1, 0.15) is 10.5 Å². The standard InChI is InChI=1S/C11H10N4OS2/c16-11-10-8(1-2-17-10)14-9(15-11)5-12-3-7-4-13-6-18-7/h1-2,4,6,12H,3,5H2,(H,14,15,16). The van der Waals surface area contributed by atoms with E-state index in [0.717, 1.165) is 16.9 Å². The van der Waals surface area contributed by atoms with Gasteiger partial charge in [0.25, 0.3) is 5.56 Å². The van der Waals surface area contributed by atoms with Crippen LogP contribution in [0.5, 0.6) is 0 Å². The topological polar surface area (TPSA) is 70.7 Å². The zero-order valence-corrected chi connectivity index (χ0v) is 11.0. The van der Waals surface area contributed by atoms with Gasteiger partial charge in [-0.25, -0.2) is 4.98 Å². The molecule has 0 unspecified atom stereocenters. The number of aromatic amines is 1. The van der Waals surface area contributed by atoms with Crippen molar-refractivity contribution >= 4 is 32.9 Å². The molecule has 3 rings (SSSR count). The first-order chi connectivity index (χ1) is 8.83. The second-order valence-electron chi connectivity index (χ2n) is 3.72. The number of hydrogen-bond donors (Lipinski definition) is 2. The molecule has 18 heavy (non-hydrogen) atoms. The summed E-state index contributed by atoms with van der Waals surface area (Å²) in [5.74, 6) is 0.662. The molecule has 3 aromatic rings. The van der Waals surface area contributed by atoms with E-state index >= 15 is 0 Å². The summed E-state index contributed by atoms with van der Waals surface area (Å²) in [5, 5.41) is 5.11. The first-order valence-corrected chi connectivity index (χ1v) is 7.13. The minimum Gasteiger partial charge on any atom is -0.308 e. The van der Waals surface area contributed by atoms with Gasteiger partial charge in [-0.3, -0.25) is 9.78 Å². The summed E-state index contributed by atoms with van der Waals surface area (Å²) in [6, 6.07) is 1.86. The molecule has 2 N–H and O–H groups in total. The van der Waals surface area contributed by atoms with E-state index < -0.39 is 0 Å². The molecule has 0 aliphatic heterocycles. The van der Waals surface area contributed by atoms with Gasteiger partial charge in [0.2, 0.25) is 0 Å². The van der Waals surface area contributed by atoms with Gasteiger partial charge in [-0.2, -0.15) is 0 Å². The lowest BCUT2D eigenvalue weighted by atomic mass is 10.4. The third kappa shape index (κ3) is 2.33. The fraction of sp³-hybridized carbons (Fsp3) is 0.182. The van der Waals surface area contributed by atoms with Crippen molar-refractivity contribution in [3.05, 3.63) is 44.2 Å². The molecule has 0 spiro atoms. The van der Waals surface area contributed by atoms with Gasteiger partial charge in [0, 0.05) is 17.6 Å². The molecular formula is C11H10N4OS2. The van der Waals surface area contributed by atoms with E-state index in [-0.39, 0.29) is 5.56 Å². The molecule has 0 aliphatic rings. The van der Waals surface area contributed by atoms with Crippen molar-refractivity contribution in [1.82, 2.24) is 20.3 Å². The molecule has 5 nitrogen and oxygen atoms in total. The highest BCUT2D eigenvalue weighted by molar-refractivity contribution is 7.17. The first-order valence-electron chi connectivity index (χ1n) is 5.37. The maximum Gasteiger partial charge on any atom is 0.268 e. The van der Waals surface area contributed by atoms with Crippen molar-refractivity contribution < 1.29 is 0 Å². The number of nitrogens with zero attached hydrogens (tertiary/aromatic N) is 2. The molecule has 92 valence electrons. The fourth-order valence-electron chi connectivity index (χ4n) is 1.64. The van der Waals surface area contributed by atoms with Crippen molar-refractivity contribution in [1.29, 1.82) is 0 Å². The van der Waals surface area contributed by atoms with Crippen LogP contribution in [0, 0.1) is 0 Å². The van der Waals surface area contributed by atoms with Gasteiger partial charge in [0.05, 0.1) is 17.6 Å². The van der Waals surface area contributed by atoms with Gasteiger partial charge in [-0.05, 0) is 11.4 Å². The number of thiazole rings is 1. The third-order valence-electron chi connectivity index (χ3n) is 2.44.